The second kappa shape index (κ2) is 3.82. The van der Waals surface area contributed by atoms with Gasteiger partial charge in [-0.05, 0) is 20.8 Å². The largest absolute Gasteiger partial charge is 0.179 e. The van der Waals surface area contributed by atoms with E-state index in [4.69, 9.17) is 10.2 Å². The molecule has 1 rings (SSSR count). The predicted molar refractivity (Wildman–Crippen MR) is 72.4 cm³/mol. The summed E-state index contributed by atoms with van der Waals surface area (Å²) >= 11 is 0. The van der Waals surface area contributed by atoms with Crippen molar-refractivity contribution in [3.8, 4) is 0 Å². The lowest BCUT2D eigenvalue weighted by molar-refractivity contribution is 0.305. The van der Waals surface area contributed by atoms with Crippen molar-refractivity contribution in [3.05, 3.63) is 11.4 Å². The SMILES string of the molecule is CC(C)(C)c1nn(C(C)(C)C)nc1C(C)(C)C. The Balaban J connectivity index is 3.44. The van der Waals surface area contributed by atoms with Crippen LogP contribution in [0.25, 0.3) is 0 Å². The molecule has 3 heteroatoms. The Kier molecular flexibility index (Phi) is 3.19. The van der Waals surface area contributed by atoms with Gasteiger partial charge in [0, 0.05) is 10.8 Å². The molecule has 0 fully saturated rings. The highest BCUT2D eigenvalue weighted by atomic mass is 15.5. The van der Waals surface area contributed by atoms with Crippen LogP contribution < -0.4 is 0 Å². The zero-order valence-electron chi connectivity index (χ0n) is 12.8. The summed E-state index contributed by atoms with van der Waals surface area (Å²) in [6.45, 7) is 19.6. The van der Waals surface area contributed by atoms with Crippen molar-refractivity contribution in [2.45, 2.75) is 78.7 Å². The maximum absolute atomic E-state index is 4.72. The monoisotopic (exact) mass is 237 g/mol. The molecule has 0 N–H and O–H groups in total. The lowest BCUT2D eigenvalue weighted by Crippen LogP contribution is -2.25. The van der Waals surface area contributed by atoms with Crippen LogP contribution in [0.15, 0.2) is 0 Å². The van der Waals surface area contributed by atoms with Crippen molar-refractivity contribution >= 4 is 0 Å². The van der Waals surface area contributed by atoms with Crippen molar-refractivity contribution < 1.29 is 0 Å². The Morgan fingerprint density at radius 3 is 1.12 bits per heavy atom. The van der Waals surface area contributed by atoms with Crippen molar-refractivity contribution in [2.75, 3.05) is 0 Å². The van der Waals surface area contributed by atoms with E-state index in [-0.39, 0.29) is 16.4 Å². The third kappa shape index (κ3) is 3.08. The molecular formula is C14H27N3. The molecule has 1 aromatic heterocycles. The van der Waals surface area contributed by atoms with Gasteiger partial charge in [0.25, 0.3) is 0 Å². The van der Waals surface area contributed by atoms with E-state index in [0.717, 1.165) is 11.4 Å². The third-order valence-corrected chi connectivity index (χ3v) is 2.63. The van der Waals surface area contributed by atoms with E-state index in [2.05, 4.69) is 62.3 Å². The first kappa shape index (κ1) is 14.2. The maximum Gasteiger partial charge on any atom is 0.0918 e. The summed E-state index contributed by atoms with van der Waals surface area (Å²) in [7, 11) is 0. The number of rotatable bonds is 0. The van der Waals surface area contributed by atoms with Crippen LogP contribution in [-0.4, -0.2) is 15.0 Å². The Morgan fingerprint density at radius 2 is 0.941 bits per heavy atom. The molecule has 0 aliphatic carbocycles. The van der Waals surface area contributed by atoms with Gasteiger partial charge in [-0.3, -0.25) is 0 Å². The molecule has 0 aliphatic rings. The summed E-state index contributed by atoms with van der Waals surface area (Å²) < 4.78 is 0. The van der Waals surface area contributed by atoms with Crippen LogP contribution >= 0.6 is 0 Å². The summed E-state index contributed by atoms with van der Waals surface area (Å²) in [5, 5.41) is 9.45. The fourth-order valence-electron chi connectivity index (χ4n) is 1.62. The predicted octanol–water partition coefficient (Wildman–Crippen LogP) is 3.63. The second-order valence-corrected chi connectivity index (χ2v) is 7.86. The molecule has 0 atom stereocenters. The number of hydrogen-bond acceptors (Lipinski definition) is 2. The standard InChI is InChI=1S/C14H27N3/c1-12(2,3)10-11(13(4,5)6)16-17(15-10)14(7,8)9/h1-9H3. The van der Waals surface area contributed by atoms with Gasteiger partial charge < -0.3 is 0 Å². The third-order valence-electron chi connectivity index (χ3n) is 2.63. The van der Waals surface area contributed by atoms with Crippen LogP contribution in [0.2, 0.25) is 0 Å². The molecule has 0 aliphatic heterocycles. The molecule has 98 valence electrons. The van der Waals surface area contributed by atoms with Gasteiger partial charge in [-0.2, -0.15) is 15.0 Å². The van der Waals surface area contributed by atoms with Gasteiger partial charge in [0.1, 0.15) is 0 Å². The van der Waals surface area contributed by atoms with Gasteiger partial charge in [0.2, 0.25) is 0 Å². The van der Waals surface area contributed by atoms with Crippen molar-refractivity contribution in [3.63, 3.8) is 0 Å². The van der Waals surface area contributed by atoms with Crippen LogP contribution in [0.3, 0.4) is 0 Å². The van der Waals surface area contributed by atoms with Crippen LogP contribution in [0, 0.1) is 0 Å². The van der Waals surface area contributed by atoms with E-state index in [9.17, 15) is 0 Å². The Labute approximate surface area is 106 Å². The highest BCUT2D eigenvalue weighted by Gasteiger charge is 2.32. The fourth-order valence-corrected chi connectivity index (χ4v) is 1.62. The zero-order chi connectivity index (χ0) is 13.6. The molecule has 3 nitrogen and oxygen atoms in total. The number of hydrogen-bond donors (Lipinski definition) is 0. The van der Waals surface area contributed by atoms with Crippen LogP contribution in [0.1, 0.15) is 73.7 Å². The molecule has 0 spiro atoms. The number of nitrogens with zero attached hydrogens (tertiary/aromatic N) is 3. The first-order chi connectivity index (χ1) is 7.33. The lowest BCUT2D eigenvalue weighted by atomic mass is 9.82. The molecule has 17 heavy (non-hydrogen) atoms. The quantitative estimate of drug-likeness (QED) is 0.690. The Hall–Kier alpha value is -0.860. The minimum atomic E-state index is -0.0660. The van der Waals surface area contributed by atoms with Gasteiger partial charge in [-0.25, -0.2) is 0 Å². The van der Waals surface area contributed by atoms with Crippen molar-refractivity contribution in [2.24, 2.45) is 0 Å². The molecule has 0 saturated heterocycles. The topological polar surface area (TPSA) is 30.7 Å². The summed E-state index contributed by atoms with van der Waals surface area (Å²) in [6, 6.07) is 0. The Bertz CT molecular complexity index is 363. The van der Waals surface area contributed by atoms with Crippen molar-refractivity contribution in [1.29, 1.82) is 0 Å². The van der Waals surface area contributed by atoms with Gasteiger partial charge in [-0.1, -0.05) is 41.5 Å². The molecule has 0 aromatic carbocycles. The van der Waals surface area contributed by atoms with Gasteiger partial charge in [0.05, 0.1) is 16.9 Å². The summed E-state index contributed by atoms with van der Waals surface area (Å²) in [5.41, 5.74) is 2.22. The molecule has 0 bridgehead atoms. The smallest absolute Gasteiger partial charge is 0.0918 e. The second-order valence-electron chi connectivity index (χ2n) is 7.86. The average Bonchev–Trinajstić information content (AvgIpc) is 2.42. The van der Waals surface area contributed by atoms with Gasteiger partial charge >= 0.3 is 0 Å². The highest BCUT2D eigenvalue weighted by molar-refractivity contribution is 5.24. The minimum Gasteiger partial charge on any atom is -0.179 e. The first-order valence-corrected chi connectivity index (χ1v) is 6.32. The van der Waals surface area contributed by atoms with E-state index in [1.165, 1.54) is 0 Å². The maximum atomic E-state index is 4.72. The molecule has 0 unspecified atom stereocenters. The van der Waals surface area contributed by atoms with E-state index >= 15 is 0 Å². The minimum absolute atomic E-state index is 0.0338. The molecule has 1 heterocycles. The number of aromatic nitrogens is 3. The highest BCUT2D eigenvalue weighted by Crippen LogP contribution is 2.32. The normalized spacial score (nSPS) is 14.2. The molecule has 0 amide bonds. The molecule has 0 radical (unpaired) electrons. The average molecular weight is 237 g/mol. The van der Waals surface area contributed by atoms with E-state index in [1.54, 1.807) is 0 Å². The molecule has 1 aromatic rings. The van der Waals surface area contributed by atoms with E-state index in [0.29, 0.717) is 0 Å². The van der Waals surface area contributed by atoms with Crippen molar-refractivity contribution in [1.82, 2.24) is 15.0 Å². The zero-order valence-corrected chi connectivity index (χ0v) is 12.8. The van der Waals surface area contributed by atoms with E-state index < -0.39 is 0 Å². The van der Waals surface area contributed by atoms with E-state index in [1.807, 2.05) is 4.80 Å². The first-order valence-electron chi connectivity index (χ1n) is 6.32. The van der Waals surface area contributed by atoms with Crippen LogP contribution in [-0.2, 0) is 16.4 Å². The summed E-state index contributed by atoms with van der Waals surface area (Å²) in [4.78, 5) is 1.86. The van der Waals surface area contributed by atoms with Gasteiger partial charge in [-0.15, -0.1) is 0 Å². The lowest BCUT2D eigenvalue weighted by Gasteiger charge is -2.22. The Morgan fingerprint density at radius 1 is 0.647 bits per heavy atom. The summed E-state index contributed by atoms with van der Waals surface area (Å²) in [5.74, 6) is 0. The molecule has 0 saturated carbocycles. The van der Waals surface area contributed by atoms with Gasteiger partial charge in [0.15, 0.2) is 0 Å². The van der Waals surface area contributed by atoms with Crippen LogP contribution in [0.5, 0.6) is 0 Å². The fraction of sp³-hybridized carbons (Fsp3) is 0.857. The van der Waals surface area contributed by atoms with Crippen LogP contribution in [0.4, 0.5) is 0 Å². The molecular weight excluding hydrogens is 210 g/mol. The summed E-state index contributed by atoms with van der Waals surface area (Å²) in [6.07, 6.45) is 0.